The highest BCUT2D eigenvalue weighted by molar-refractivity contribution is 6.00. The maximum Gasteiger partial charge on any atom is 0.270 e. The average Bonchev–Trinajstić information content (AvgIpc) is 3.70. The second kappa shape index (κ2) is 8.51. The van der Waals surface area contributed by atoms with Gasteiger partial charge in [-0.3, -0.25) is 9.59 Å². The summed E-state index contributed by atoms with van der Waals surface area (Å²) in [5.74, 6) is 0.710. The molecule has 2 aromatic heterocycles. The molecule has 0 spiro atoms. The van der Waals surface area contributed by atoms with Crippen molar-refractivity contribution in [3.8, 4) is 0 Å². The van der Waals surface area contributed by atoms with Crippen molar-refractivity contribution < 1.29 is 9.59 Å². The first-order chi connectivity index (χ1) is 18.0. The lowest BCUT2D eigenvalue weighted by atomic mass is 9.85. The average molecular weight is 495 g/mol. The summed E-state index contributed by atoms with van der Waals surface area (Å²) in [6.45, 7) is 5.80. The standard InChI is InChI=1S/C31H34N4O2/c1-18-6-8-26-23(14-18)25(17-32-26)20-10-12-34(13-11-20)30(36)24-15-21-7-9-29(24)35(21)31(37)28-16-22-19(2)4-3-5-27(22)33-28/h3-6,8,14,16-17,20-21,24,29,32-33H,7,9-13,15H2,1-2H3. The van der Waals surface area contributed by atoms with Crippen LogP contribution in [0.25, 0.3) is 21.8 Å². The van der Waals surface area contributed by atoms with Crippen LogP contribution < -0.4 is 0 Å². The molecule has 4 aromatic rings. The zero-order valence-corrected chi connectivity index (χ0v) is 21.6. The molecule has 2 N–H and O–H groups in total. The molecule has 3 saturated heterocycles. The first-order valence-electron chi connectivity index (χ1n) is 13.8. The van der Waals surface area contributed by atoms with E-state index in [1.807, 2.05) is 23.1 Å². The lowest BCUT2D eigenvalue weighted by Crippen LogP contribution is -2.45. The van der Waals surface area contributed by atoms with Crippen LogP contribution in [0.4, 0.5) is 0 Å². The van der Waals surface area contributed by atoms with Gasteiger partial charge in [0.15, 0.2) is 0 Å². The number of benzene rings is 2. The van der Waals surface area contributed by atoms with Gasteiger partial charge in [0.2, 0.25) is 5.91 Å². The van der Waals surface area contributed by atoms with E-state index in [1.54, 1.807) is 0 Å². The van der Waals surface area contributed by atoms with E-state index in [4.69, 9.17) is 0 Å². The van der Waals surface area contributed by atoms with Gasteiger partial charge in [-0.1, -0.05) is 23.8 Å². The van der Waals surface area contributed by atoms with Crippen LogP contribution in [-0.4, -0.2) is 56.8 Å². The van der Waals surface area contributed by atoms with Gasteiger partial charge in [0.1, 0.15) is 5.69 Å². The van der Waals surface area contributed by atoms with Crippen molar-refractivity contribution in [2.45, 2.75) is 64.0 Å². The third-order valence-corrected chi connectivity index (χ3v) is 9.32. The Bertz CT molecular complexity index is 1520. The van der Waals surface area contributed by atoms with Gasteiger partial charge in [0.05, 0.1) is 5.92 Å². The van der Waals surface area contributed by atoms with Crippen molar-refractivity contribution in [2.75, 3.05) is 13.1 Å². The molecule has 190 valence electrons. The van der Waals surface area contributed by atoms with Crippen molar-refractivity contribution in [1.29, 1.82) is 0 Å². The Morgan fingerprint density at radius 3 is 2.57 bits per heavy atom. The number of likely N-dealkylation sites (tertiary alicyclic amines) is 1. The molecular formula is C31H34N4O2. The molecule has 0 aliphatic carbocycles. The first-order valence-corrected chi connectivity index (χ1v) is 13.8. The molecule has 6 nitrogen and oxygen atoms in total. The third-order valence-electron chi connectivity index (χ3n) is 9.32. The molecule has 0 saturated carbocycles. The van der Waals surface area contributed by atoms with Gasteiger partial charge in [-0.25, -0.2) is 0 Å². The number of H-pyrrole nitrogens is 2. The van der Waals surface area contributed by atoms with Gasteiger partial charge in [0, 0.05) is 53.2 Å². The van der Waals surface area contributed by atoms with E-state index in [1.165, 1.54) is 22.0 Å². The van der Waals surface area contributed by atoms with Crippen molar-refractivity contribution in [3.63, 3.8) is 0 Å². The summed E-state index contributed by atoms with van der Waals surface area (Å²) >= 11 is 0. The van der Waals surface area contributed by atoms with Gasteiger partial charge < -0.3 is 19.8 Å². The number of aryl methyl sites for hydroxylation is 2. The molecule has 0 radical (unpaired) electrons. The van der Waals surface area contributed by atoms with E-state index in [9.17, 15) is 9.59 Å². The number of piperidine rings is 1. The number of hydrogen-bond donors (Lipinski definition) is 2. The van der Waals surface area contributed by atoms with Crippen LogP contribution in [-0.2, 0) is 4.79 Å². The van der Waals surface area contributed by atoms with Gasteiger partial charge in [-0.15, -0.1) is 0 Å². The number of amides is 2. The van der Waals surface area contributed by atoms with Crippen LogP contribution >= 0.6 is 0 Å². The molecule has 37 heavy (non-hydrogen) atoms. The molecule has 3 fully saturated rings. The minimum absolute atomic E-state index is 0.0202. The summed E-state index contributed by atoms with van der Waals surface area (Å²) in [4.78, 5) is 38.2. The van der Waals surface area contributed by atoms with Crippen LogP contribution in [0.15, 0.2) is 48.7 Å². The highest BCUT2D eigenvalue weighted by Gasteiger charge is 2.52. The van der Waals surface area contributed by atoms with Crippen molar-refractivity contribution in [2.24, 2.45) is 5.92 Å². The quantitative estimate of drug-likeness (QED) is 0.385. The predicted octanol–water partition coefficient (Wildman–Crippen LogP) is 5.67. The summed E-state index contributed by atoms with van der Waals surface area (Å²) in [6, 6.07) is 14.9. The SMILES string of the molecule is Cc1ccc2[nH]cc(C3CCN(C(=O)C4CC5CCC4N5C(=O)c4cc5c(C)cccc5[nH]4)CC3)c2c1. The minimum atomic E-state index is -0.0684. The summed E-state index contributed by atoms with van der Waals surface area (Å²) in [5, 5.41) is 2.41. The Kier molecular flexibility index (Phi) is 5.20. The summed E-state index contributed by atoms with van der Waals surface area (Å²) in [5.41, 5.74) is 6.65. The maximum atomic E-state index is 13.7. The van der Waals surface area contributed by atoms with E-state index in [0.29, 0.717) is 11.6 Å². The highest BCUT2D eigenvalue weighted by atomic mass is 16.2. The van der Waals surface area contributed by atoms with Gasteiger partial charge in [-0.2, -0.15) is 0 Å². The predicted molar refractivity (Wildman–Crippen MR) is 146 cm³/mol. The minimum Gasteiger partial charge on any atom is -0.361 e. The van der Waals surface area contributed by atoms with Crippen molar-refractivity contribution in [1.82, 2.24) is 19.8 Å². The number of aromatic nitrogens is 2. The van der Waals surface area contributed by atoms with Crippen LogP contribution in [0.2, 0.25) is 0 Å². The largest absolute Gasteiger partial charge is 0.361 e. The van der Waals surface area contributed by atoms with Gasteiger partial charge >= 0.3 is 0 Å². The number of carbonyl (C=O) groups excluding carboxylic acids is 2. The number of hydrogen-bond acceptors (Lipinski definition) is 2. The molecule has 2 aromatic carbocycles. The molecular weight excluding hydrogens is 460 g/mol. The number of nitrogens with one attached hydrogen (secondary N) is 2. The van der Waals surface area contributed by atoms with E-state index in [0.717, 1.165) is 61.7 Å². The van der Waals surface area contributed by atoms with Crippen LogP contribution in [0.3, 0.4) is 0 Å². The van der Waals surface area contributed by atoms with Gasteiger partial charge in [-0.05, 0) is 87.3 Å². The number of aromatic amines is 2. The molecule has 3 unspecified atom stereocenters. The zero-order chi connectivity index (χ0) is 25.3. The highest BCUT2D eigenvalue weighted by Crippen LogP contribution is 2.44. The normalized spacial score (nSPS) is 24.0. The molecule has 5 heterocycles. The van der Waals surface area contributed by atoms with E-state index in [2.05, 4.69) is 59.2 Å². The first kappa shape index (κ1) is 22.6. The number of fused-ring (bicyclic) bond motifs is 4. The fourth-order valence-electron chi connectivity index (χ4n) is 7.37. The summed E-state index contributed by atoms with van der Waals surface area (Å²) in [7, 11) is 0. The Labute approximate surface area is 217 Å². The Balaban J connectivity index is 1.05. The fourth-order valence-corrected chi connectivity index (χ4v) is 7.37. The lowest BCUT2D eigenvalue weighted by molar-refractivity contribution is -0.137. The Morgan fingerprint density at radius 2 is 1.76 bits per heavy atom. The number of nitrogens with zero attached hydrogens (tertiary/aromatic N) is 2. The molecule has 3 aliphatic heterocycles. The fraction of sp³-hybridized carbons (Fsp3) is 0.419. The molecule has 3 atom stereocenters. The second-order valence-corrected chi connectivity index (χ2v) is 11.5. The maximum absolute atomic E-state index is 13.7. The molecule has 2 amide bonds. The summed E-state index contributed by atoms with van der Waals surface area (Å²) in [6.07, 6.45) is 6.88. The third kappa shape index (κ3) is 3.60. The molecule has 2 bridgehead atoms. The second-order valence-electron chi connectivity index (χ2n) is 11.5. The molecule has 3 aliphatic rings. The number of rotatable bonds is 3. The Hall–Kier alpha value is -3.54. The van der Waals surface area contributed by atoms with Crippen LogP contribution in [0, 0.1) is 19.8 Å². The van der Waals surface area contributed by atoms with E-state index >= 15 is 0 Å². The monoisotopic (exact) mass is 494 g/mol. The summed E-state index contributed by atoms with van der Waals surface area (Å²) < 4.78 is 0. The molecule has 6 heteroatoms. The van der Waals surface area contributed by atoms with Gasteiger partial charge in [0.25, 0.3) is 5.91 Å². The number of carbonyl (C=O) groups is 2. The lowest BCUT2D eigenvalue weighted by Gasteiger charge is -2.35. The Morgan fingerprint density at radius 1 is 0.919 bits per heavy atom. The van der Waals surface area contributed by atoms with E-state index < -0.39 is 0 Å². The molecule has 7 rings (SSSR count). The van der Waals surface area contributed by atoms with Crippen molar-refractivity contribution >= 4 is 33.6 Å². The van der Waals surface area contributed by atoms with Crippen LogP contribution in [0.1, 0.15) is 65.2 Å². The van der Waals surface area contributed by atoms with Crippen molar-refractivity contribution in [3.05, 3.63) is 71.0 Å². The smallest absolute Gasteiger partial charge is 0.270 e. The van der Waals surface area contributed by atoms with E-state index in [-0.39, 0.29) is 29.8 Å². The van der Waals surface area contributed by atoms with Crippen LogP contribution in [0.5, 0.6) is 0 Å². The topological polar surface area (TPSA) is 72.2 Å². The zero-order valence-electron chi connectivity index (χ0n) is 21.6.